The molecule has 2 amide bonds. The number of benzene rings is 2. The van der Waals surface area contributed by atoms with Crippen LogP contribution in [0.2, 0.25) is 0 Å². The average molecular weight is 410 g/mol. The summed E-state index contributed by atoms with van der Waals surface area (Å²) >= 11 is 0. The predicted octanol–water partition coefficient (Wildman–Crippen LogP) is 3.46. The fourth-order valence-corrected chi connectivity index (χ4v) is 3.33. The number of para-hydroxylation sites is 1. The maximum Gasteiger partial charge on any atom is 0.408 e. The number of fused-ring (bicyclic) bond motifs is 1. The number of carbonyl (C=O) groups excluding carboxylic acids is 3. The molecule has 7 nitrogen and oxygen atoms in total. The second-order valence-corrected chi connectivity index (χ2v) is 8.14. The van der Waals surface area contributed by atoms with Crippen LogP contribution < -0.4 is 10.2 Å². The largest absolute Gasteiger partial charge is 0.465 e. The molecular weight excluding hydrogens is 384 g/mol. The van der Waals surface area contributed by atoms with Crippen molar-refractivity contribution in [1.29, 1.82) is 0 Å². The SMILES string of the molecule is COC(=O)c1ccc(CN2C(=O)[C@@H](NC(=O)OC(C)(C)C)Cc3ccccc32)cc1. The van der Waals surface area contributed by atoms with Crippen molar-refractivity contribution < 1.29 is 23.9 Å². The standard InChI is InChI=1S/C23H26N2O5/c1-23(2,3)30-22(28)24-18-13-17-7-5-6-8-19(17)25(20(18)26)14-15-9-11-16(12-10-15)21(27)29-4/h5-12,18H,13-14H2,1-4H3,(H,24,28)/t18-/m0/s1. The third-order valence-electron chi connectivity index (χ3n) is 4.68. The number of nitrogens with one attached hydrogen (secondary N) is 1. The van der Waals surface area contributed by atoms with Crippen molar-refractivity contribution in [3.05, 3.63) is 65.2 Å². The molecule has 1 N–H and O–H groups in total. The van der Waals surface area contributed by atoms with Crippen molar-refractivity contribution in [2.45, 2.75) is 45.4 Å². The van der Waals surface area contributed by atoms with Crippen LogP contribution in [-0.4, -0.2) is 36.7 Å². The lowest BCUT2D eigenvalue weighted by atomic mass is 9.96. The minimum atomic E-state index is -0.718. The lowest BCUT2D eigenvalue weighted by Gasteiger charge is -2.35. The van der Waals surface area contributed by atoms with E-state index in [0.29, 0.717) is 18.5 Å². The Morgan fingerprint density at radius 2 is 1.77 bits per heavy atom. The van der Waals surface area contributed by atoms with Crippen LogP contribution in [0.4, 0.5) is 10.5 Å². The number of amides is 2. The summed E-state index contributed by atoms with van der Waals surface area (Å²) in [5, 5.41) is 2.70. The lowest BCUT2D eigenvalue weighted by molar-refractivity contribution is -0.121. The maximum absolute atomic E-state index is 13.2. The molecule has 1 aliphatic heterocycles. The van der Waals surface area contributed by atoms with E-state index in [1.165, 1.54) is 7.11 Å². The van der Waals surface area contributed by atoms with Crippen molar-refractivity contribution in [2.75, 3.05) is 12.0 Å². The normalized spacial score (nSPS) is 15.9. The Bertz CT molecular complexity index is 947. The Labute approximate surface area is 176 Å². The molecule has 0 fully saturated rings. The topological polar surface area (TPSA) is 84.9 Å². The van der Waals surface area contributed by atoms with Crippen LogP contribution in [0.1, 0.15) is 42.3 Å². The van der Waals surface area contributed by atoms with Gasteiger partial charge in [-0.25, -0.2) is 9.59 Å². The molecule has 1 heterocycles. The first kappa shape index (κ1) is 21.4. The van der Waals surface area contributed by atoms with Crippen molar-refractivity contribution in [3.63, 3.8) is 0 Å². The third kappa shape index (κ3) is 4.97. The van der Waals surface area contributed by atoms with E-state index >= 15 is 0 Å². The molecule has 7 heteroatoms. The second kappa shape index (κ2) is 8.57. The van der Waals surface area contributed by atoms with Gasteiger partial charge in [0.1, 0.15) is 11.6 Å². The highest BCUT2D eigenvalue weighted by Crippen LogP contribution is 2.29. The van der Waals surface area contributed by atoms with E-state index in [1.54, 1.807) is 49.9 Å². The van der Waals surface area contributed by atoms with Gasteiger partial charge >= 0.3 is 12.1 Å². The van der Waals surface area contributed by atoms with E-state index in [9.17, 15) is 14.4 Å². The zero-order valence-electron chi connectivity index (χ0n) is 17.6. The fourth-order valence-electron chi connectivity index (χ4n) is 3.33. The van der Waals surface area contributed by atoms with Crippen molar-refractivity contribution in [3.8, 4) is 0 Å². The van der Waals surface area contributed by atoms with E-state index in [1.807, 2.05) is 24.3 Å². The van der Waals surface area contributed by atoms with Gasteiger partial charge in [-0.2, -0.15) is 0 Å². The summed E-state index contributed by atoms with van der Waals surface area (Å²) in [6.45, 7) is 5.63. The fraction of sp³-hybridized carbons (Fsp3) is 0.348. The van der Waals surface area contributed by atoms with Gasteiger partial charge in [0.2, 0.25) is 5.91 Å². The summed E-state index contributed by atoms with van der Waals surface area (Å²) < 4.78 is 10.0. The summed E-state index contributed by atoms with van der Waals surface area (Å²) in [4.78, 5) is 38.7. The van der Waals surface area contributed by atoms with Crippen LogP contribution >= 0.6 is 0 Å². The molecule has 1 atom stereocenters. The van der Waals surface area contributed by atoms with Crippen molar-refractivity contribution in [1.82, 2.24) is 5.32 Å². The van der Waals surface area contributed by atoms with Gasteiger partial charge in [-0.3, -0.25) is 4.79 Å². The van der Waals surface area contributed by atoms with Gasteiger partial charge in [0.25, 0.3) is 0 Å². The molecular formula is C23H26N2O5. The van der Waals surface area contributed by atoms with Gasteiger partial charge in [-0.1, -0.05) is 30.3 Å². The Hall–Kier alpha value is -3.35. The molecule has 158 valence electrons. The molecule has 2 aromatic carbocycles. The molecule has 0 unspecified atom stereocenters. The van der Waals surface area contributed by atoms with Crippen LogP contribution in [0.3, 0.4) is 0 Å². The number of nitrogens with zero attached hydrogens (tertiary/aromatic N) is 1. The highest BCUT2D eigenvalue weighted by molar-refractivity contribution is 6.01. The van der Waals surface area contributed by atoms with Crippen LogP contribution in [-0.2, 0) is 27.2 Å². The summed E-state index contributed by atoms with van der Waals surface area (Å²) in [5.74, 6) is -0.626. The minimum Gasteiger partial charge on any atom is -0.465 e. The number of rotatable bonds is 4. The van der Waals surface area contributed by atoms with Crippen molar-refractivity contribution >= 4 is 23.7 Å². The minimum absolute atomic E-state index is 0.211. The summed E-state index contributed by atoms with van der Waals surface area (Å²) in [7, 11) is 1.33. The van der Waals surface area contributed by atoms with E-state index in [-0.39, 0.29) is 5.91 Å². The molecule has 2 aromatic rings. The average Bonchev–Trinajstić information content (AvgIpc) is 2.69. The van der Waals surface area contributed by atoms with Crippen LogP contribution in [0.25, 0.3) is 0 Å². The Balaban J connectivity index is 1.82. The Kier molecular flexibility index (Phi) is 6.10. The number of carbonyl (C=O) groups is 3. The van der Waals surface area contributed by atoms with E-state index in [0.717, 1.165) is 16.8 Å². The van der Waals surface area contributed by atoms with Gasteiger partial charge in [0.15, 0.2) is 0 Å². The molecule has 0 saturated heterocycles. The number of alkyl carbamates (subject to hydrolysis) is 1. The molecule has 0 bridgehead atoms. The van der Waals surface area contributed by atoms with Gasteiger partial charge in [0.05, 0.1) is 19.2 Å². The molecule has 0 aliphatic carbocycles. The molecule has 0 radical (unpaired) electrons. The number of esters is 1. The lowest BCUT2D eigenvalue weighted by Crippen LogP contribution is -2.53. The molecule has 1 aliphatic rings. The van der Waals surface area contributed by atoms with E-state index in [2.05, 4.69) is 5.32 Å². The maximum atomic E-state index is 13.2. The van der Waals surface area contributed by atoms with Gasteiger partial charge in [0, 0.05) is 12.1 Å². The molecule has 0 spiro atoms. The summed E-state index contributed by atoms with van der Waals surface area (Å²) in [5.41, 5.74) is 2.41. The highest BCUT2D eigenvalue weighted by atomic mass is 16.6. The van der Waals surface area contributed by atoms with Gasteiger partial charge < -0.3 is 19.7 Å². The van der Waals surface area contributed by atoms with Gasteiger partial charge in [-0.05, 0) is 50.1 Å². The molecule has 0 saturated carbocycles. The smallest absolute Gasteiger partial charge is 0.408 e. The van der Waals surface area contributed by atoms with Crippen LogP contribution in [0, 0.1) is 0 Å². The molecule has 30 heavy (non-hydrogen) atoms. The first-order chi connectivity index (χ1) is 14.2. The second-order valence-electron chi connectivity index (χ2n) is 8.14. The Morgan fingerprint density at radius 1 is 1.10 bits per heavy atom. The zero-order chi connectivity index (χ0) is 21.9. The summed E-state index contributed by atoms with van der Waals surface area (Å²) in [6.07, 6.45) is -0.228. The molecule has 3 rings (SSSR count). The zero-order valence-corrected chi connectivity index (χ0v) is 17.6. The van der Waals surface area contributed by atoms with Crippen LogP contribution in [0.5, 0.6) is 0 Å². The number of hydrogen-bond donors (Lipinski definition) is 1. The highest BCUT2D eigenvalue weighted by Gasteiger charge is 2.34. The van der Waals surface area contributed by atoms with Crippen molar-refractivity contribution in [2.24, 2.45) is 0 Å². The predicted molar refractivity (Wildman–Crippen MR) is 112 cm³/mol. The van der Waals surface area contributed by atoms with E-state index in [4.69, 9.17) is 9.47 Å². The monoisotopic (exact) mass is 410 g/mol. The first-order valence-corrected chi connectivity index (χ1v) is 9.74. The number of ether oxygens (including phenoxy) is 2. The van der Waals surface area contributed by atoms with Crippen LogP contribution in [0.15, 0.2) is 48.5 Å². The Morgan fingerprint density at radius 3 is 2.40 bits per heavy atom. The number of methoxy groups -OCH3 is 1. The van der Waals surface area contributed by atoms with E-state index < -0.39 is 23.7 Å². The third-order valence-corrected chi connectivity index (χ3v) is 4.68. The first-order valence-electron chi connectivity index (χ1n) is 9.74. The number of hydrogen-bond acceptors (Lipinski definition) is 5. The molecule has 0 aromatic heterocycles. The number of anilines is 1. The van der Waals surface area contributed by atoms with Gasteiger partial charge in [-0.15, -0.1) is 0 Å². The quantitative estimate of drug-likeness (QED) is 0.781. The summed E-state index contributed by atoms with van der Waals surface area (Å²) in [6, 6.07) is 13.8.